The van der Waals surface area contributed by atoms with E-state index in [1.807, 2.05) is 6.20 Å². The lowest BCUT2D eigenvalue weighted by Crippen LogP contribution is -2.11. The van der Waals surface area contributed by atoms with E-state index >= 15 is 0 Å². The molecule has 1 atom stereocenters. The molecule has 0 bridgehead atoms. The number of hydrogen-bond acceptors (Lipinski definition) is 2. The number of rotatable bonds is 2. The van der Waals surface area contributed by atoms with Crippen LogP contribution in [-0.4, -0.2) is 11.5 Å². The van der Waals surface area contributed by atoms with Crippen molar-refractivity contribution in [3.8, 4) is 0 Å². The topological polar surface area (TPSA) is 24.9 Å². The maximum Gasteiger partial charge on any atom is 0.0565 e. The van der Waals surface area contributed by atoms with E-state index in [4.69, 9.17) is 0 Å². The van der Waals surface area contributed by atoms with Crippen LogP contribution in [0.25, 0.3) is 0 Å². The van der Waals surface area contributed by atoms with E-state index in [0.29, 0.717) is 17.8 Å². The fraction of sp³-hybridized carbons (Fsp3) is 0.667. The minimum Gasteiger partial charge on any atom is -0.384 e. The number of fused-ring (bicyclic) bond motifs is 1. The maximum absolute atomic E-state index is 4.39. The second-order valence-electron chi connectivity index (χ2n) is 5.76. The lowest BCUT2D eigenvalue weighted by Gasteiger charge is -2.25. The first-order chi connectivity index (χ1) is 8.11. The molecule has 0 fully saturated rings. The molecule has 0 spiro atoms. The number of nitrogens with zero attached hydrogens (tertiary/aromatic N) is 1. The van der Waals surface area contributed by atoms with Crippen LogP contribution in [0.5, 0.6) is 0 Å². The summed E-state index contributed by atoms with van der Waals surface area (Å²) in [5, 5.41) is 3.54. The van der Waals surface area contributed by atoms with Gasteiger partial charge in [-0.05, 0) is 41.7 Å². The Bertz CT molecular complexity index is 383. The average Bonchev–Trinajstić information content (AvgIpc) is 2.50. The van der Waals surface area contributed by atoms with Crippen molar-refractivity contribution in [3.63, 3.8) is 0 Å². The van der Waals surface area contributed by atoms with Gasteiger partial charge in [0.05, 0.1) is 11.9 Å². The average molecular weight is 232 g/mol. The summed E-state index contributed by atoms with van der Waals surface area (Å²) in [5.41, 5.74) is 4.23. The van der Waals surface area contributed by atoms with Gasteiger partial charge in [-0.25, -0.2) is 0 Å². The monoisotopic (exact) mass is 232 g/mol. The lowest BCUT2D eigenvalue weighted by molar-refractivity contribution is 0.463. The Labute approximate surface area is 105 Å². The number of nitrogens with one attached hydrogen (secondary N) is 1. The van der Waals surface area contributed by atoms with Gasteiger partial charge in [-0.3, -0.25) is 4.98 Å². The predicted octanol–water partition coefficient (Wildman–Crippen LogP) is 4.15. The molecular weight excluding hydrogens is 208 g/mol. The highest BCUT2D eigenvalue weighted by Crippen LogP contribution is 2.40. The van der Waals surface area contributed by atoms with Gasteiger partial charge in [-0.2, -0.15) is 0 Å². The van der Waals surface area contributed by atoms with Crippen molar-refractivity contribution < 1.29 is 0 Å². The molecule has 1 aromatic heterocycles. The SMILES string of the molecule is CC(C)c1cncc2c1C(C(C)C)CCCN2. The zero-order valence-electron chi connectivity index (χ0n) is 11.5. The number of aromatic nitrogens is 1. The third-order valence-electron chi connectivity index (χ3n) is 3.82. The van der Waals surface area contributed by atoms with E-state index in [0.717, 1.165) is 6.54 Å². The van der Waals surface area contributed by atoms with Crippen LogP contribution in [0.3, 0.4) is 0 Å². The molecule has 0 saturated carbocycles. The zero-order chi connectivity index (χ0) is 12.4. The Kier molecular flexibility index (Phi) is 3.70. The van der Waals surface area contributed by atoms with Crippen molar-refractivity contribution in [1.82, 2.24) is 4.98 Å². The predicted molar refractivity (Wildman–Crippen MR) is 73.6 cm³/mol. The van der Waals surface area contributed by atoms with Crippen LogP contribution in [0.15, 0.2) is 12.4 Å². The molecule has 94 valence electrons. The molecule has 0 amide bonds. The van der Waals surface area contributed by atoms with Crippen LogP contribution in [0.2, 0.25) is 0 Å². The molecule has 17 heavy (non-hydrogen) atoms. The van der Waals surface area contributed by atoms with Crippen LogP contribution in [-0.2, 0) is 0 Å². The van der Waals surface area contributed by atoms with E-state index in [2.05, 4.69) is 44.2 Å². The molecular formula is C15H24N2. The highest BCUT2D eigenvalue weighted by molar-refractivity contribution is 5.56. The summed E-state index contributed by atoms with van der Waals surface area (Å²) in [7, 11) is 0. The molecule has 1 aromatic rings. The van der Waals surface area contributed by atoms with Gasteiger partial charge in [-0.1, -0.05) is 27.7 Å². The maximum atomic E-state index is 4.39. The lowest BCUT2D eigenvalue weighted by atomic mass is 9.81. The Balaban J connectivity index is 2.52. The molecule has 2 nitrogen and oxygen atoms in total. The standard InChI is InChI=1S/C15H24N2/c1-10(2)12-6-5-7-17-14-9-16-8-13(11(3)4)15(12)14/h8-12,17H,5-7H2,1-4H3. The summed E-state index contributed by atoms with van der Waals surface area (Å²) in [5.74, 6) is 1.94. The molecule has 0 aromatic carbocycles. The molecule has 0 aliphatic carbocycles. The normalized spacial score (nSPS) is 20.0. The Morgan fingerprint density at radius 3 is 2.65 bits per heavy atom. The first-order valence-electron chi connectivity index (χ1n) is 6.83. The summed E-state index contributed by atoms with van der Waals surface area (Å²) in [4.78, 5) is 4.39. The highest BCUT2D eigenvalue weighted by Gasteiger charge is 2.25. The number of pyridine rings is 1. The quantitative estimate of drug-likeness (QED) is 0.828. The molecule has 2 heterocycles. The fourth-order valence-corrected chi connectivity index (χ4v) is 2.86. The largest absolute Gasteiger partial charge is 0.384 e. The van der Waals surface area contributed by atoms with Gasteiger partial charge in [0.1, 0.15) is 0 Å². The summed E-state index contributed by atoms with van der Waals surface area (Å²) in [6, 6.07) is 0. The van der Waals surface area contributed by atoms with Gasteiger partial charge in [0.2, 0.25) is 0 Å². The van der Waals surface area contributed by atoms with Crippen LogP contribution in [0, 0.1) is 5.92 Å². The van der Waals surface area contributed by atoms with Crippen molar-refractivity contribution in [2.45, 2.75) is 52.4 Å². The fourth-order valence-electron chi connectivity index (χ4n) is 2.86. The van der Waals surface area contributed by atoms with Crippen molar-refractivity contribution >= 4 is 5.69 Å². The summed E-state index contributed by atoms with van der Waals surface area (Å²) in [6.45, 7) is 10.3. The molecule has 2 rings (SSSR count). The molecule has 0 radical (unpaired) electrons. The second kappa shape index (κ2) is 5.07. The molecule has 2 heteroatoms. The van der Waals surface area contributed by atoms with E-state index in [1.165, 1.54) is 29.7 Å². The van der Waals surface area contributed by atoms with Gasteiger partial charge >= 0.3 is 0 Å². The Hall–Kier alpha value is -1.05. The van der Waals surface area contributed by atoms with Crippen molar-refractivity contribution in [3.05, 3.63) is 23.5 Å². The van der Waals surface area contributed by atoms with E-state index < -0.39 is 0 Å². The molecule has 1 N–H and O–H groups in total. The van der Waals surface area contributed by atoms with Gasteiger partial charge in [0, 0.05) is 12.7 Å². The molecule has 1 aliphatic heterocycles. The van der Waals surface area contributed by atoms with Crippen molar-refractivity contribution in [1.29, 1.82) is 0 Å². The minimum atomic E-state index is 0.554. The molecule has 1 aliphatic rings. The molecule has 1 unspecified atom stereocenters. The Morgan fingerprint density at radius 1 is 1.24 bits per heavy atom. The first kappa shape index (κ1) is 12.4. The number of anilines is 1. The van der Waals surface area contributed by atoms with Crippen LogP contribution >= 0.6 is 0 Å². The van der Waals surface area contributed by atoms with E-state index in [-0.39, 0.29) is 0 Å². The minimum absolute atomic E-state index is 0.554. The summed E-state index contributed by atoms with van der Waals surface area (Å²) in [6.07, 6.45) is 6.62. The van der Waals surface area contributed by atoms with Crippen molar-refractivity contribution in [2.75, 3.05) is 11.9 Å². The molecule has 0 saturated heterocycles. The third kappa shape index (κ3) is 2.46. The van der Waals surface area contributed by atoms with Gasteiger partial charge in [0.25, 0.3) is 0 Å². The van der Waals surface area contributed by atoms with Gasteiger partial charge in [-0.15, -0.1) is 0 Å². The van der Waals surface area contributed by atoms with Crippen LogP contribution in [0.4, 0.5) is 5.69 Å². The summed E-state index contributed by atoms with van der Waals surface area (Å²) >= 11 is 0. The first-order valence-corrected chi connectivity index (χ1v) is 6.83. The second-order valence-corrected chi connectivity index (χ2v) is 5.76. The Morgan fingerprint density at radius 2 is 2.00 bits per heavy atom. The van der Waals surface area contributed by atoms with Crippen LogP contribution < -0.4 is 5.32 Å². The van der Waals surface area contributed by atoms with Gasteiger partial charge < -0.3 is 5.32 Å². The number of hydrogen-bond donors (Lipinski definition) is 1. The zero-order valence-corrected chi connectivity index (χ0v) is 11.5. The summed E-state index contributed by atoms with van der Waals surface area (Å²) < 4.78 is 0. The third-order valence-corrected chi connectivity index (χ3v) is 3.82. The van der Waals surface area contributed by atoms with Crippen molar-refractivity contribution in [2.24, 2.45) is 5.92 Å². The highest BCUT2D eigenvalue weighted by atomic mass is 14.9. The van der Waals surface area contributed by atoms with Crippen LogP contribution in [0.1, 0.15) is 63.5 Å². The van der Waals surface area contributed by atoms with E-state index in [9.17, 15) is 0 Å². The van der Waals surface area contributed by atoms with Gasteiger partial charge in [0.15, 0.2) is 0 Å². The van der Waals surface area contributed by atoms with E-state index in [1.54, 1.807) is 0 Å². The smallest absolute Gasteiger partial charge is 0.0565 e.